The van der Waals surface area contributed by atoms with Crippen molar-refractivity contribution in [1.29, 1.82) is 0 Å². The molecule has 4 heteroatoms. The monoisotopic (exact) mass is 203 g/mol. The van der Waals surface area contributed by atoms with Gasteiger partial charge in [0.05, 0.1) is 5.02 Å². The molecule has 0 spiro atoms. The fourth-order valence-electron chi connectivity index (χ4n) is 1.55. The van der Waals surface area contributed by atoms with E-state index in [0.29, 0.717) is 5.02 Å². The maximum atomic E-state index is 11.1. The Hall–Kier alpha value is -0.470. The average molecular weight is 204 g/mol. The molecule has 0 saturated carbocycles. The third-order valence-electron chi connectivity index (χ3n) is 2.14. The maximum absolute atomic E-state index is 11.1. The summed E-state index contributed by atoms with van der Waals surface area (Å²) in [5.74, 6) is 0. The molecule has 1 aromatic heterocycles. The van der Waals surface area contributed by atoms with E-state index in [2.05, 4.69) is 4.98 Å². The van der Waals surface area contributed by atoms with Gasteiger partial charge in [-0.3, -0.25) is 4.79 Å². The molecule has 0 unspecified atom stereocenters. The largest absolute Gasteiger partial charge is 0.325 e. The van der Waals surface area contributed by atoms with Crippen molar-refractivity contribution in [3.63, 3.8) is 0 Å². The zero-order valence-corrected chi connectivity index (χ0v) is 7.80. The summed E-state index contributed by atoms with van der Waals surface area (Å²) in [6, 6.07) is 0. The van der Waals surface area contributed by atoms with Gasteiger partial charge in [-0.05, 0) is 24.8 Å². The van der Waals surface area contributed by atoms with E-state index in [0.717, 1.165) is 30.5 Å². The summed E-state index contributed by atoms with van der Waals surface area (Å²) in [5.41, 5.74) is 1.69. The van der Waals surface area contributed by atoms with E-state index in [1.165, 1.54) is 0 Å². The van der Waals surface area contributed by atoms with Crippen molar-refractivity contribution < 1.29 is 0 Å². The number of hydrogen-bond acceptors (Lipinski definition) is 1. The molecule has 0 fully saturated rings. The lowest BCUT2D eigenvalue weighted by atomic mass is 10.2. The Labute approximate surface area is 79.5 Å². The topological polar surface area (TPSA) is 32.9 Å². The normalized spacial score (nSPS) is 14.8. The fraction of sp³-hybridized carbons (Fsp3) is 0.375. The number of aromatic nitrogens is 1. The molecule has 1 heterocycles. The van der Waals surface area contributed by atoms with E-state index in [9.17, 15) is 4.79 Å². The highest BCUT2D eigenvalue weighted by atomic mass is 35.5. The molecule has 0 aromatic carbocycles. The first kappa shape index (κ1) is 8.14. The molecule has 2 nitrogen and oxygen atoms in total. The minimum atomic E-state index is -0.276. The van der Waals surface area contributed by atoms with Gasteiger partial charge in [0.2, 0.25) is 0 Å². The predicted octanol–water partition coefficient (Wildman–Crippen LogP) is 2.17. The summed E-state index contributed by atoms with van der Waals surface area (Å²) in [6.07, 6.45) is 2.87. The lowest BCUT2D eigenvalue weighted by Crippen LogP contribution is -2.10. The van der Waals surface area contributed by atoms with Crippen LogP contribution in [-0.4, -0.2) is 4.98 Å². The van der Waals surface area contributed by atoms with Crippen molar-refractivity contribution >= 4 is 23.2 Å². The van der Waals surface area contributed by atoms with Crippen LogP contribution in [0.4, 0.5) is 0 Å². The Kier molecular flexibility index (Phi) is 1.89. The van der Waals surface area contributed by atoms with Gasteiger partial charge in [0.25, 0.3) is 5.56 Å². The third kappa shape index (κ3) is 1.06. The summed E-state index contributed by atoms with van der Waals surface area (Å²) in [4.78, 5) is 13.9. The number of aromatic amines is 1. The first-order valence-electron chi connectivity index (χ1n) is 3.79. The highest BCUT2D eigenvalue weighted by Gasteiger charge is 2.18. The van der Waals surface area contributed by atoms with Crippen LogP contribution in [0.15, 0.2) is 4.79 Å². The number of nitrogens with one attached hydrogen (secondary N) is 1. The van der Waals surface area contributed by atoms with E-state index < -0.39 is 0 Å². The zero-order chi connectivity index (χ0) is 8.72. The third-order valence-corrected chi connectivity index (χ3v) is 3.01. The van der Waals surface area contributed by atoms with Crippen molar-refractivity contribution in [1.82, 2.24) is 4.98 Å². The van der Waals surface area contributed by atoms with Crippen molar-refractivity contribution in [3.05, 3.63) is 31.7 Å². The van der Waals surface area contributed by atoms with Gasteiger partial charge in [0, 0.05) is 5.69 Å². The van der Waals surface area contributed by atoms with Crippen LogP contribution < -0.4 is 5.56 Å². The Balaban J connectivity index is 2.76. The molecule has 2 rings (SSSR count). The molecule has 0 bridgehead atoms. The molecule has 12 heavy (non-hydrogen) atoms. The van der Waals surface area contributed by atoms with Crippen LogP contribution in [0.25, 0.3) is 0 Å². The van der Waals surface area contributed by atoms with E-state index in [1.807, 2.05) is 0 Å². The lowest BCUT2D eigenvalue weighted by molar-refractivity contribution is 0.897. The number of rotatable bonds is 0. The van der Waals surface area contributed by atoms with E-state index >= 15 is 0 Å². The predicted molar refractivity (Wildman–Crippen MR) is 49.1 cm³/mol. The summed E-state index contributed by atoms with van der Waals surface area (Å²) < 4.78 is 0. The second-order valence-electron chi connectivity index (χ2n) is 2.89. The first-order chi connectivity index (χ1) is 5.70. The number of hydrogen-bond donors (Lipinski definition) is 1. The number of aryl methyl sites for hydroxylation is 1. The van der Waals surface area contributed by atoms with Gasteiger partial charge in [-0.1, -0.05) is 23.2 Å². The van der Waals surface area contributed by atoms with Crippen LogP contribution in [0, 0.1) is 0 Å². The average Bonchev–Trinajstić information content (AvgIpc) is 2.48. The molecule has 0 aliphatic heterocycles. The van der Waals surface area contributed by atoms with Crippen LogP contribution in [0.1, 0.15) is 17.7 Å². The molecule has 1 aromatic rings. The standard InChI is InChI=1S/C8H7Cl2NO/c9-6-4-2-1-3-5(4)11-8(12)7(6)10/h1-3H2,(H,11,12). The second-order valence-corrected chi connectivity index (χ2v) is 3.65. The second kappa shape index (κ2) is 2.79. The Morgan fingerprint density at radius 2 is 1.92 bits per heavy atom. The van der Waals surface area contributed by atoms with Crippen molar-refractivity contribution in [2.45, 2.75) is 19.3 Å². The summed E-state index contributed by atoms with van der Waals surface area (Å²) in [7, 11) is 0. The minimum Gasteiger partial charge on any atom is -0.325 e. The molecule has 1 aliphatic carbocycles. The smallest absolute Gasteiger partial charge is 0.268 e. The van der Waals surface area contributed by atoms with Crippen LogP contribution >= 0.6 is 23.2 Å². The summed E-state index contributed by atoms with van der Waals surface area (Å²) in [5, 5.41) is 0.560. The van der Waals surface area contributed by atoms with Gasteiger partial charge in [-0.25, -0.2) is 0 Å². The van der Waals surface area contributed by atoms with E-state index in [4.69, 9.17) is 23.2 Å². The maximum Gasteiger partial charge on any atom is 0.268 e. The zero-order valence-electron chi connectivity index (χ0n) is 6.29. The van der Waals surface area contributed by atoms with Gasteiger partial charge in [-0.15, -0.1) is 0 Å². The van der Waals surface area contributed by atoms with Crippen LogP contribution in [0.2, 0.25) is 10.0 Å². The molecule has 0 amide bonds. The van der Waals surface area contributed by atoms with Crippen molar-refractivity contribution in [3.8, 4) is 0 Å². The molecule has 1 aliphatic rings. The summed E-state index contributed by atoms with van der Waals surface area (Å²) >= 11 is 11.6. The van der Waals surface area contributed by atoms with Crippen molar-refractivity contribution in [2.24, 2.45) is 0 Å². The van der Waals surface area contributed by atoms with Gasteiger partial charge in [0.1, 0.15) is 5.02 Å². The Morgan fingerprint density at radius 3 is 2.67 bits per heavy atom. The molecule has 0 atom stereocenters. The molecule has 64 valence electrons. The quantitative estimate of drug-likeness (QED) is 0.690. The van der Waals surface area contributed by atoms with Gasteiger partial charge in [-0.2, -0.15) is 0 Å². The van der Waals surface area contributed by atoms with Gasteiger partial charge in [0.15, 0.2) is 0 Å². The van der Waals surface area contributed by atoms with E-state index in [-0.39, 0.29) is 10.6 Å². The number of fused-ring (bicyclic) bond motifs is 1. The van der Waals surface area contributed by atoms with Crippen LogP contribution in [0.5, 0.6) is 0 Å². The van der Waals surface area contributed by atoms with Crippen LogP contribution in [0.3, 0.4) is 0 Å². The van der Waals surface area contributed by atoms with Gasteiger partial charge >= 0.3 is 0 Å². The molecular formula is C8H7Cl2NO. The SMILES string of the molecule is O=c1[nH]c2c(c(Cl)c1Cl)CCC2. The first-order valence-corrected chi connectivity index (χ1v) is 4.55. The lowest BCUT2D eigenvalue weighted by Gasteiger charge is -2.02. The molecule has 1 N–H and O–H groups in total. The van der Waals surface area contributed by atoms with Gasteiger partial charge < -0.3 is 4.98 Å². The van der Waals surface area contributed by atoms with Crippen LogP contribution in [-0.2, 0) is 12.8 Å². The number of pyridine rings is 1. The Bertz CT molecular complexity index is 383. The molecular weight excluding hydrogens is 197 g/mol. The fourth-order valence-corrected chi connectivity index (χ4v) is 2.00. The minimum absolute atomic E-state index is 0.123. The Morgan fingerprint density at radius 1 is 1.17 bits per heavy atom. The molecule has 0 radical (unpaired) electrons. The van der Waals surface area contributed by atoms with Crippen molar-refractivity contribution in [2.75, 3.05) is 0 Å². The highest BCUT2D eigenvalue weighted by Crippen LogP contribution is 2.29. The summed E-state index contributed by atoms with van der Waals surface area (Å²) in [6.45, 7) is 0. The molecule has 0 saturated heterocycles. The van der Waals surface area contributed by atoms with E-state index in [1.54, 1.807) is 0 Å². The number of H-pyrrole nitrogens is 1. The highest BCUT2D eigenvalue weighted by molar-refractivity contribution is 6.42. The number of halogens is 2.